The van der Waals surface area contributed by atoms with Crippen LogP contribution in [0.25, 0.3) is 16.7 Å². The van der Waals surface area contributed by atoms with E-state index in [0.717, 1.165) is 22.3 Å². The summed E-state index contributed by atoms with van der Waals surface area (Å²) in [5.74, 6) is 0.595. The molecule has 122 valence electrons. The predicted molar refractivity (Wildman–Crippen MR) is 92.8 cm³/mol. The second-order valence-corrected chi connectivity index (χ2v) is 6.22. The molecule has 2 aromatic heterocycles. The lowest BCUT2D eigenvalue weighted by molar-refractivity contribution is 0.141. The summed E-state index contributed by atoms with van der Waals surface area (Å²) in [5, 5.41) is 10.4. The van der Waals surface area contributed by atoms with E-state index in [1.165, 1.54) is 0 Å². The van der Waals surface area contributed by atoms with Crippen LogP contribution < -0.4 is 10.6 Å². The van der Waals surface area contributed by atoms with E-state index in [4.69, 9.17) is 0 Å². The SMILES string of the molecule is Cc1ccc2c(N3CC(O)C3)nc(=O)n(-c3ccccc3C)c2n1. The molecular weight excluding hydrogens is 304 g/mol. The molecule has 0 saturated carbocycles. The Kier molecular flexibility index (Phi) is 3.35. The van der Waals surface area contributed by atoms with Crippen molar-refractivity contribution in [3.8, 4) is 5.69 Å². The van der Waals surface area contributed by atoms with Crippen molar-refractivity contribution < 1.29 is 5.11 Å². The number of hydrogen-bond acceptors (Lipinski definition) is 5. The molecule has 1 aromatic carbocycles. The van der Waals surface area contributed by atoms with Crippen molar-refractivity contribution in [2.24, 2.45) is 0 Å². The second kappa shape index (κ2) is 5.42. The van der Waals surface area contributed by atoms with Gasteiger partial charge in [-0.1, -0.05) is 18.2 Å². The molecule has 3 aromatic rings. The van der Waals surface area contributed by atoms with Crippen molar-refractivity contribution in [2.75, 3.05) is 18.0 Å². The lowest BCUT2D eigenvalue weighted by Crippen LogP contribution is -2.51. The minimum Gasteiger partial charge on any atom is -0.389 e. The summed E-state index contributed by atoms with van der Waals surface area (Å²) in [5.41, 5.74) is 2.85. The van der Waals surface area contributed by atoms with E-state index < -0.39 is 0 Å². The van der Waals surface area contributed by atoms with Gasteiger partial charge in [-0.25, -0.2) is 14.3 Å². The summed E-state index contributed by atoms with van der Waals surface area (Å²) in [6, 6.07) is 11.6. The van der Waals surface area contributed by atoms with Gasteiger partial charge in [0.1, 0.15) is 5.82 Å². The molecule has 1 aliphatic rings. The molecule has 4 rings (SSSR count). The number of fused-ring (bicyclic) bond motifs is 1. The van der Waals surface area contributed by atoms with Crippen molar-refractivity contribution in [1.82, 2.24) is 14.5 Å². The van der Waals surface area contributed by atoms with Gasteiger partial charge < -0.3 is 10.0 Å². The van der Waals surface area contributed by atoms with Crippen molar-refractivity contribution >= 4 is 16.9 Å². The third kappa shape index (κ3) is 2.27. The van der Waals surface area contributed by atoms with Crippen molar-refractivity contribution in [2.45, 2.75) is 20.0 Å². The molecule has 1 fully saturated rings. The first-order chi connectivity index (χ1) is 11.5. The average molecular weight is 322 g/mol. The second-order valence-electron chi connectivity index (χ2n) is 6.22. The van der Waals surface area contributed by atoms with Crippen LogP contribution in [0.15, 0.2) is 41.2 Å². The zero-order chi connectivity index (χ0) is 16.8. The molecule has 6 nitrogen and oxygen atoms in total. The third-order valence-electron chi connectivity index (χ3n) is 4.38. The molecule has 0 bridgehead atoms. The van der Waals surface area contributed by atoms with Crippen LogP contribution in [0.3, 0.4) is 0 Å². The van der Waals surface area contributed by atoms with Crippen LogP contribution in [0.4, 0.5) is 5.82 Å². The summed E-state index contributed by atoms with van der Waals surface area (Å²) in [6.45, 7) is 4.84. The van der Waals surface area contributed by atoms with Gasteiger partial charge in [0.2, 0.25) is 0 Å². The first-order valence-corrected chi connectivity index (χ1v) is 7.94. The maximum atomic E-state index is 12.8. The van der Waals surface area contributed by atoms with Crippen LogP contribution >= 0.6 is 0 Å². The summed E-state index contributed by atoms with van der Waals surface area (Å²) < 4.78 is 1.57. The first kappa shape index (κ1) is 14.8. The summed E-state index contributed by atoms with van der Waals surface area (Å²) in [6.07, 6.45) is -0.362. The molecule has 1 N–H and O–H groups in total. The number of β-amino-alcohol motifs (C(OH)–C–C–N with tert-alkyl or cyclic N) is 1. The number of aliphatic hydroxyl groups is 1. The van der Waals surface area contributed by atoms with Gasteiger partial charge in [0.15, 0.2) is 5.65 Å². The minimum absolute atomic E-state index is 0.355. The number of benzene rings is 1. The number of rotatable bonds is 2. The van der Waals surface area contributed by atoms with Gasteiger partial charge in [-0.15, -0.1) is 0 Å². The van der Waals surface area contributed by atoms with Crippen LogP contribution in [0.2, 0.25) is 0 Å². The molecule has 0 radical (unpaired) electrons. The minimum atomic E-state index is -0.362. The van der Waals surface area contributed by atoms with Gasteiger partial charge in [-0.2, -0.15) is 4.98 Å². The molecule has 1 aliphatic heterocycles. The first-order valence-electron chi connectivity index (χ1n) is 7.94. The number of anilines is 1. The summed E-state index contributed by atoms with van der Waals surface area (Å²) in [7, 11) is 0. The summed E-state index contributed by atoms with van der Waals surface area (Å²) >= 11 is 0. The molecule has 0 atom stereocenters. The fourth-order valence-corrected chi connectivity index (χ4v) is 3.08. The molecule has 0 aliphatic carbocycles. The maximum absolute atomic E-state index is 12.8. The Balaban J connectivity index is 2.03. The van der Waals surface area contributed by atoms with E-state index in [1.807, 2.05) is 55.1 Å². The van der Waals surface area contributed by atoms with Crippen molar-refractivity contribution in [3.05, 3.63) is 58.1 Å². The average Bonchev–Trinajstić information content (AvgIpc) is 2.52. The van der Waals surface area contributed by atoms with Crippen LogP contribution in [-0.2, 0) is 0 Å². The number of hydrogen-bond donors (Lipinski definition) is 1. The van der Waals surface area contributed by atoms with Gasteiger partial charge in [-0.3, -0.25) is 0 Å². The Morgan fingerprint density at radius 3 is 2.54 bits per heavy atom. The molecular formula is C18H18N4O2. The van der Waals surface area contributed by atoms with E-state index >= 15 is 0 Å². The highest BCUT2D eigenvalue weighted by Crippen LogP contribution is 2.27. The van der Waals surface area contributed by atoms with Gasteiger partial charge >= 0.3 is 5.69 Å². The zero-order valence-electron chi connectivity index (χ0n) is 13.6. The maximum Gasteiger partial charge on any atom is 0.355 e. The van der Waals surface area contributed by atoms with Gasteiger partial charge in [0.05, 0.1) is 17.2 Å². The summed E-state index contributed by atoms with van der Waals surface area (Å²) in [4.78, 5) is 23.6. The number of aryl methyl sites for hydroxylation is 2. The Morgan fingerprint density at radius 1 is 1.08 bits per heavy atom. The lowest BCUT2D eigenvalue weighted by atomic mass is 10.1. The number of para-hydroxylation sites is 1. The molecule has 1 saturated heterocycles. The number of nitrogens with zero attached hydrogens (tertiary/aromatic N) is 4. The highest BCUT2D eigenvalue weighted by Gasteiger charge is 2.28. The van der Waals surface area contributed by atoms with Gasteiger partial charge in [-0.05, 0) is 37.6 Å². The highest BCUT2D eigenvalue weighted by molar-refractivity contribution is 5.88. The highest BCUT2D eigenvalue weighted by atomic mass is 16.3. The largest absolute Gasteiger partial charge is 0.389 e. The molecule has 0 amide bonds. The number of aliphatic hydroxyl groups excluding tert-OH is 1. The standard InChI is InChI=1S/C18H18N4O2/c1-11-5-3-4-6-15(11)22-17-14(8-7-12(2)19-17)16(20-18(22)24)21-9-13(23)10-21/h3-8,13,23H,9-10H2,1-2H3. The Labute approximate surface area is 139 Å². The Morgan fingerprint density at radius 2 is 1.83 bits per heavy atom. The van der Waals surface area contributed by atoms with Gasteiger partial charge in [0, 0.05) is 18.8 Å². The normalized spacial score (nSPS) is 14.9. The van der Waals surface area contributed by atoms with Crippen molar-refractivity contribution in [1.29, 1.82) is 0 Å². The van der Waals surface area contributed by atoms with Crippen LogP contribution in [0, 0.1) is 13.8 Å². The third-order valence-corrected chi connectivity index (χ3v) is 4.38. The number of aromatic nitrogens is 3. The van der Waals surface area contributed by atoms with Crippen LogP contribution in [0.1, 0.15) is 11.3 Å². The van der Waals surface area contributed by atoms with E-state index in [2.05, 4.69) is 9.97 Å². The van der Waals surface area contributed by atoms with E-state index in [1.54, 1.807) is 4.57 Å². The quantitative estimate of drug-likeness (QED) is 0.775. The fraction of sp³-hybridized carbons (Fsp3) is 0.278. The van der Waals surface area contributed by atoms with Crippen molar-refractivity contribution in [3.63, 3.8) is 0 Å². The van der Waals surface area contributed by atoms with Gasteiger partial charge in [0.25, 0.3) is 0 Å². The smallest absolute Gasteiger partial charge is 0.355 e. The van der Waals surface area contributed by atoms with E-state index in [9.17, 15) is 9.90 Å². The molecule has 0 unspecified atom stereocenters. The van der Waals surface area contributed by atoms with Crippen LogP contribution in [-0.4, -0.2) is 38.8 Å². The predicted octanol–water partition coefficient (Wildman–Crippen LogP) is 1.58. The molecule has 24 heavy (non-hydrogen) atoms. The fourth-order valence-electron chi connectivity index (χ4n) is 3.08. The zero-order valence-corrected chi connectivity index (χ0v) is 13.6. The topological polar surface area (TPSA) is 71.2 Å². The van der Waals surface area contributed by atoms with E-state index in [-0.39, 0.29) is 11.8 Å². The van der Waals surface area contributed by atoms with E-state index in [0.29, 0.717) is 24.6 Å². The molecule has 0 spiro atoms. The Bertz CT molecular complexity index is 990. The molecule has 6 heteroatoms. The van der Waals surface area contributed by atoms with Crippen LogP contribution in [0.5, 0.6) is 0 Å². The lowest BCUT2D eigenvalue weighted by Gasteiger charge is -2.37. The Hall–Kier alpha value is -2.73. The molecule has 3 heterocycles. The monoisotopic (exact) mass is 322 g/mol. The number of pyridine rings is 1.